The minimum Gasteiger partial charge on any atom is -0.396 e. The van der Waals surface area contributed by atoms with Crippen molar-refractivity contribution < 1.29 is 15.1 Å². The van der Waals surface area contributed by atoms with E-state index >= 15 is 0 Å². The number of nitrogens with zero attached hydrogens (tertiary/aromatic N) is 3. The van der Waals surface area contributed by atoms with Crippen LogP contribution in [0.1, 0.15) is 46.7 Å². The van der Waals surface area contributed by atoms with Crippen LogP contribution in [0.3, 0.4) is 0 Å². The van der Waals surface area contributed by atoms with Crippen molar-refractivity contribution in [2.24, 2.45) is 0 Å². The van der Waals surface area contributed by atoms with E-state index in [9.17, 15) is 4.79 Å². The summed E-state index contributed by atoms with van der Waals surface area (Å²) in [6, 6.07) is 12.2. The molecule has 3 heterocycles. The number of piperidine rings is 1. The highest BCUT2D eigenvalue weighted by atomic mass is 35.5. The maximum Gasteiger partial charge on any atom is 0.275 e. The number of nitrogens with one attached hydrogen (secondary N) is 1. The van der Waals surface area contributed by atoms with Gasteiger partial charge in [-0.3, -0.25) is 15.0 Å². The van der Waals surface area contributed by atoms with E-state index in [0.29, 0.717) is 22.4 Å². The SMILES string of the molecule is Cl.Cl.O=C(NO)c1cc(N2CCC(c3ccc(CCCO)cc3)CC2)nc2ccncc12. The first-order valence-corrected chi connectivity index (χ1v) is 10.3. The van der Waals surface area contributed by atoms with E-state index in [1.165, 1.54) is 11.1 Å². The fourth-order valence-electron chi connectivity index (χ4n) is 4.15. The minimum absolute atomic E-state index is 0. The molecule has 3 aromatic rings. The molecule has 32 heavy (non-hydrogen) atoms. The van der Waals surface area contributed by atoms with Gasteiger partial charge in [-0.25, -0.2) is 10.5 Å². The Kier molecular flexibility index (Phi) is 9.65. The van der Waals surface area contributed by atoms with E-state index in [4.69, 9.17) is 15.3 Å². The smallest absolute Gasteiger partial charge is 0.275 e. The summed E-state index contributed by atoms with van der Waals surface area (Å²) in [5.74, 6) is 0.677. The molecule has 1 amide bonds. The molecule has 7 nitrogen and oxygen atoms in total. The molecule has 0 unspecified atom stereocenters. The van der Waals surface area contributed by atoms with E-state index in [1.54, 1.807) is 30.0 Å². The second kappa shape index (κ2) is 12.0. The van der Waals surface area contributed by atoms with Crippen LogP contribution in [0.15, 0.2) is 48.8 Å². The predicted molar refractivity (Wildman–Crippen MR) is 129 cm³/mol. The van der Waals surface area contributed by atoms with Gasteiger partial charge in [-0.2, -0.15) is 0 Å². The molecule has 0 atom stereocenters. The molecule has 0 radical (unpaired) electrons. The van der Waals surface area contributed by atoms with Crippen LogP contribution in [-0.4, -0.2) is 45.9 Å². The zero-order chi connectivity index (χ0) is 20.9. The van der Waals surface area contributed by atoms with Crippen molar-refractivity contribution in [2.45, 2.75) is 31.6 Å². The summed E-state index contributed by atoms with van der Waals surface area (Å²) in [7, 11) is 0. The van der Waals surface area contributed by atoms with E-state index in [2.05, 4.69) is 34.1 Å². The summed E-state index contributed by atoms with van der Waals surface area (Å²) in [4.78, 5) is 23.1. The van der Waals surface area contributed by atoms with Gasteiger partial charge in [-0.05, 0) is 54.9 Å². The van der Waals surface area contributed by atoms with Crippen molar-refractivity contribution in [2.75, 3.05) is 24.6 Å². The Balaban J connectivity index is 0.00000181. The Bertz CT molecular complexity index is 1030. The van der Waals surface area contributed by atoms with Gasteiger partial charge in [-0.15, -0.1) is 24.8 Å². The number of aliphatic hydroxyl groups excluding tert-OH is 1. The molecule has 0 bridgehead atoms. The number of aryl methyl sites for hydroxylation is 1. The zero-order valence-electron chi connectivity index (χ0n) is 17.6. The first-order chi connectivity index (χ1) is 14.7. The molecule has 2 aromatic heterocycles. The molecule has 1 aliphatic rings. The van der Waals surface area contributed by atoms with Gasteiger partial charge in [0.2, 0.25) is 0 Å². The third kappa shape index (κ3) is 5.66. The quantitative estimate of drug-likeness (QED) is 0.367. The fourth-order valence-corrected chi connectivity index (χ4v) is 4.15. The largest absolute Gasteiger partial charge is 0.396 e. The third-order valence-electron chi connectivity index (χ3n) is 5.84. The number of anilines is 1. The minimum atomic E-state index is -0.562. The fraction of sp³-hybridized carbons (Fsp3) is 0.348. The molecule has 1 aromatic carbocycles. The van der Waals surface area contributed by atoms with Crippen molar-refractivity contribution in [1.82, 2.24) is 15.4 Å². The Morgan fingerprint density at radius 3 is 2.50 bits per heavy atom. The molecule has 172 valence electrons. The van der Waals surface area contributed by atoms with Crippen LogP contribution in [0.4, 0.5) is 5.82 Å². The number of benzene rings is 1. The third-order valence-corrected chi connectivity index (χ3v) is 5.84. The van der Waals surface area contributed by atoms with Gasteiger partial charge in [0, 0.05) is 37.5 Å². The standard InChI is InChI=1S/C23H26N4O3.2ClH/c28-13-1-2-16-3-5-17(6-4-16)18-8-11-27(12-9-18)22-14-19(23(29)26-30)20-15-24-10-7-21(20)25-22;;/h3-7,10,14-15,18,28,30H,1-2,8-9,11-13H2,(H,26,29);2*1H. The lowest BCUT2D eigenvalue weighted by molar-refractivity contribution is 0.0708. The number of hydrogen-bond donors (Lipinski definition) is 3. The number of carbonyl (C=O) groups excluding carboxylic acids is 1. The topological polar surface area (TPSA) is 98.6 Å². The number of hydrogen-bond acceptors (Lipinski definition) is 6. The summed E-state index contributed by atoms with van der Waals surface area (Å²) >= 11 is 0. The monoisotopic (exact) mass is 478 g/mol. The molecule has 0 spiro atoms. The number of halogens is 2. The highest BCUT2D eigenvalue weighted by molar-refractivity contribution is 6.06. The second-order valence-corrected chi connectivity index (χ2v) is 7.69. The van der Waals surface area contributed by atoms with Gasteiger partial charge in [0.1, 0.15) is 5.82 Å². The van der Waals surface area contributed by atoms with Crippen LogP contribution in [0.5, 0.6) is 0 Å². The highest BCUT2D eigenvalue weighted by Gasteiger charge is 2.23. The Hall–Kier alpha value is -2.45. The molecule has 9 heteroatoms. The summed E-state index contributed by atoms with van der Waals surface area (Å²) in [6.07, 6.45) is 6.95. The molecule has 1 aliphatic heterocycles. The van der Waals surface area contributed by atoms with E-state index in [0.717, 1.165) is 44.6 Å². The average Bonchev–Trinajstić information content (AvgIpc) is 2.82. The number of fused-ring (bicyclic) bond motifs is 1. The Morgan fingerprint density at radius 2 is 1.84 bits per heavy atom. The normalized spacial score (nSPS) is 13.9. The van der Waals surface area contributed by atoms with Crippen molar-refractivity contribution in [3.05, 3.63) is 65.5 Å². The maximum absolute atomic E-state index is 12.1. The molecule has 4 rings (SSSR count). The van der Waals surface area contributed by atoms with Gasteiger partial charge >= 0.3 is 0 Å². The van der Waals surface area contributed by atoms with E-state index in [1.807, 2.05) is 0 Å². The summed E-state index contributed by atoms with van der Waals surface area (Å²) in [5, 5.41) is 18.7. The molecule has 0 aliphatic carbocycles. The lowest BCUT2D eigenvalue weighted by Crippen LogP contribution is -2.34. The number of pyridine rings is 2. The van der Waals surface area contributed by atoms with Gasteiger partial charge in [0.15, 0.2) is 0 Å². The van der Waals surface area contributed by atoms with Crippen LogP contribution < -0.4 is 10.4 Å². The first-order valence-electron chi connectivity index (χ1n) is 10.3. The summed E-state index contributed by atoms with van der Waals surface area (Å²) in [6.45, 7) is 1.92. The summed E-state index contributed by atoms with van der Waals surface area (Å²) < 4.78 is 0. The highest BCUT2D eigenvalue weighted by Crippen LogP contribution is 2.31. The molecule has 0 saturated carbocycles. The maximum atomic E-state index is 12.1. The second-order valence-electron chi connectivity index (χ2n) is 7.69. The van der Waals surface area contributed by atoms with Gasteiger partial charge < -0.3 is 10.0 Å². The van der Waals surface area contributed by atoms with Gasteiger partial charge in [0.05, 0.1) is 11.1 Å². The van der Waals surface area contributed by atoms with Crippen molar-refractivity contribution in [3.8, 4) is 0 Å². The summed E-state index contributed by atoms with van der Waals surface area (Å²) in [5.41, 5.74) is 5.38. The predicted octanol–water partition coefficient (Wildman–Crippen LogP) is 3.90. The Morgan fingerprint density at radius 1 is 1.12 bits per heavy atom. The number of aromatic nitrogens is 2. The number of hydroxylamine groups is 1. The van der Waals surface area contributed by atoms with Crippen LogP contribution >= 0.6 is 24.8 Å². The van der Waals surface area contributed by atoms with E-state index < -0.39 is 5.91 Å². The van der Waals surface area contributed by atoms with Crippen LogP contribution in [0.2, 0.25) is 0 Å². The molecule has 1 fully saturated rings. The first kappa shape index (κ1) is 25.8. The zero-order valence-corrected chi connectivity index (χ0v) is 19.2. The number of carbonyl (C=O) groups is 1. The van der Waals surface area contributed by atoms with Crippen LogP contribution in [0, 0.1) is 0 Å². The molecular weight excluding hydrogens is 451 g/mol. The van der Waals surface area contributed by atoms with Gasteiger partial charge in [0.25, 0.3) is 5.91 Å². The molecule has 1 saturated heterocycles. The Labute approximate surface area is 199 Å². The van der Waals surface area contributed by atoms with Crippen LogP contribution in [-0.2, 0) is 6.42 Å². The van der Waals surface area contributed by atoms with Crippen molar-refractivity contribution in [1.29, 1.82) is 0 Å². The van der Waals surface area contributed by atoms with Crippen LogP contribution in [0.25, 0.3) is 10.9 Å². The number of amides is 1. The lowest BCUT2D eigenvalue weighted by atomic mass is 9.88. The van der Waals surface area contributed by atoms with E-state index in [-0.39, 0.29) is 31.4 Å². The molecule has 3 N–H and O–H groups in total. The lowest BCUT2D eigenvalue weighted by Gasteiger charge is -2.33. The number of rotatable bonds is 6. The van der Waals surface area contributed by atoms with Gasteiger partial charge in [-0.1, -0.05) is 24.3 Å². The average molecular weight is 479 g/mol. The molecular formula is C23H28Cl2N4O3. The van der Waals surface area contributed by atoms with Crippen molar-refractivity contribution >= 4 is 47.4 Å². The van der Waals surface area contributed by atoms with Crippen molar-refractivity contribution in [3.63, 3.8) is 0 Å². The number of aliphatic hydroxyl groups is 1.